The number of amides is 1. The van der Waals surface area contributed by atoms with Crippen molar-refractivity contribution in [1.29, 1.82) is 5.41 Å². The number of likely N-dealkylation sites (N-methyl/N-ethyl adjacent to an activating group) is 1. The normalized spacial score (nSPS) is 22.9. The molecule has 1 saturated heterocycles. The van der Waals surface area contributed by atoms with Crippen LogP contribution in [0.1, 0.15) is 96.0 Å². The smallest absolute Gasteiger partial charge is 0.254 e. The molecule has 2 heterocycles. The third-order valence-corrected chi connectivity index (χ3v) is 7.58. The Bertz CT molecular complexity index is 718. The Balaban J connectivity index is 1.42. The van der Waals surface area contributed by atoms with Gasteiger partial charge in [0.2, 0.25) is 0 Å². The minimum Gasteiger partial charge on any atom is -0.342 e. The fourth-order valence-electron chi connectivity index (χ4n) is 5.39. The molecule has 178 valence electrons. The summed E-state index contributed by atoms with van der Waals surface area (Å²) >= 11 is 0. The number of unbranched alkanes of at least 4 members (excludes halogenated alkanes) is 2. The molecule has 2 atom stereocenters. The molecule has 3 N–H and O–H groups in total. The van der Waals surface area contributed by atoms with Crippen molar-refractivity contribution in [3.8, 4) is 0 Å². The Kier molecular flexibility index (Phi) is 9.51. The summed E-state index contributed by atoms with van der Waals surface area (Å²) in [6.07, 6.45) is 18.8. The summed E-state index contributed by atoms with van der Waals surface area (Å²) in [4.78, 5) is 18.8. The number of aromatic nitrogens is 1. The lowest BCUT2D eigenvalue weighted by molar-refractivity contribution is -0.130. The second-order valence-electron chi connectivity index (χ2n) is 9.91. The van der Waals surface area contributed by atoms with Crippen LogP contribution in [-0.2, 0) is 11.3 Å². The Hall–Kier alpha value is -1.95. The standard InChI is InChI=1S/C26H43N5O/c1-3-23(29-20-22-13-10-18-28-19-22)14-8-5-9-16-26(24(32)31(2)25(27)30-26)17-15-21-11-6-4-7-12-21/h10,13,18-19,21,23,29H,3-9,11-12,14-17,20H2,1-2H3,(H2,27,30)/t23-,26+/m1/s1. The van der Waals surface area contributed by atoms with Gasteiger partial charge in [0.05, 0.1) is 0 Å². The first-order valence-corrected chi connectivity index (χ1v) is 12.8. The summed E-state index contributed by atoms with van der Waals surface area (Å²) in [7, 11) is 1.74. The number of carbonyl (C=O) groups excluding carboxylic acids is 1. The van der Waals surface area contributed by atoms with Crippen molar-refractivity contribution < 1.29 is 4.79 Å². The minimum absolute atomic E-state index is 0.0999. The molecular formula is C26H43N5O. The van der Waals surface area contributed by atoms with Gasteiger partial charge in [-0.05, 0) is 49.7 Å². The molecule has 1 aliphatic heterocycles. The largest absolute Gasteiger partial charge is 0.342 e. The van der Waals surface area contributed by atoms with Crippen molar-refractivity contribution in [2.24, 2.45) is 5.92 Å². The summed E-state index contributed by atoms with van der Waals surface area (Å²) in [6, 6.07) is 4.61. The zero-order valence-corrected chi connectivity index (χ0v) is 20.2. The molecule has 2 fully saturated rings. The van der Waals surface area contributed by atoms with Crippen LogP contribution in [0.4, 0.5) is 0 Å². The van der Waals surface area contributed by atoms with E-state index in [-0.39, 0.29) is 11.9 Å². The lowest BCUT2D eigenvalue weighted by atomic mass is 9.80. The van der Waals surface area contributed by atoms with Gasteiger partial charge in [0.1, 0.15) is 5.54 Å². The number of nitrogens with one attached hydrogen (secondary N) is 3. The van der Waals surface area contributed by atoms with E-state index in [4.69, 9.17) is 5.41 Å². The van der Waals surface area contributed by atoms with Crippen LogP contribution in [-0.4, -0.2) is 40.4 Å². The summed E-state index contributed by atoms with van der Waals surface area (Å²) in [6.45, 7) is 3.10. The molecule has 0 bridgehead atoms. The van der Waals surface area contributed by atoms with Gasteiger partial charge in [-0.25, -0.2) is 0 Å². The first-order valence-electron chi connectivity index (χ1n) is 12.8. The number of hydrogen-bond acceptors (Lipinski definition) is 4. The quantitative estimate of drug-likeness (QED) is 0.376. The monoisotopic (exact) mass is 441 g/mol. The molecule has 32 heavy (non-hydrogen) atoms. The van der Waals surface area contributed by atoms with Crippen molar-refractivity contribution in [3.63, 3.8) is 0 Å². The van der Waals surface area contributed by atoms with E-state index in [0.29, 0.717) is 6.04 Å². The van der Waals surface area contributed by atoms with E-state index >= 15 is 0 Å². The Morgan fingerprint density at radius 1 is 1.25 bits per heavy atom. The van der Waals surface area contributed by atoms with Gasteiger partial charge in [-0.2, -0.15) is 0 Å². The van der Waals surface area contributed by atoms with Gasteiger partial charge < -0.3 is 10.6 Å². The third-order valence-electron chi connectivity index (χ3n) is 7.58. The van der Waals surface area contributed by atoms with Gasteiger partial charge in [-0.3, -0.25) is 20.1 Å². The first-order chi connectivity index (χ1) is 15.5. The molecule has 6 heteroatoms. The van der Waals surface area contributed by atoms with Gasteiger partial charge in [0.15, 0.2) is 5.96 Å². The predicted molar refractivity (Wildman–Crippen MR) is 130 cm³/mol. The lowest BCUT2D eigenvalue weighted by Gasteiger charge is -2.30. The molecule has 0 unspecified atom stereocenters. The number of carbonyl (C=O) groups is 1. The number of pyridine rings is 1. The fraction of sp³-hybridized carbons (Fsp3) is 0.731. The van der Waals surface area contributed by atoms with Crippen LogP contribution in [0.3, 0.4) is 0 Å². The van der Waals surface area contributed by atoms with Crippen LogP contribution in [0.5, 0.6) is 0 Å². The van der Waals surface area contributed by atoms with E-state index in [1.165, 1.54) is 49.0 Å². The van der Waals surface area contributed by atoms with Gasteiger partial charge in [-0.15, -0.1) is 0 Å². The molecule has 1 amide bonds. The average Bonchev–Trinajstić information content (AvgIpc) is 3.04. The van der Waals surface area contributed by atoms with Crippen LogP contribution in [0.2, 0.25) is 0 Å². The second kappa shape index (κ2) is 12.3. The van der Waals surface area contributed by atoms with E-state index in [2.05, 4.69) is 28.6 Å². The van der Waals surface area contributed by atoms with Gasteiger partial charge in [0.25, 0.3) is 5.91 Å². The highest BCUT2D eigenvalue weighted by atomic mass is 16.2. The zero-order valence-electron chi connectivity index (χ0n) is 20.2. The maximum Gasteiger partial charge on any atom is 0.254 e. The molecule has 0 aromatic carbocycles. The van der Waals surface area contributed by atoms with E-state index < -0.39 is 5.54 Å². The Morgan fingerprint density at radius 3 is 2.72 bits per heavy atom. The Labute approximate surface area is 194 Å². The zero-order chi connectivity index (χ0) is 22.8. The summed E-state index contributed by atoms with van der Waals surface area (Å²) < 4.78 is 0. The third kappa shape index (κ3) is 6.77. The van der Waals surface area contributed by atoms with E-state index in [0.717, 1.165) is 57.4 Å². The highest BCUT2D eigenvalue weighted by Crippen LogP contribution is 2.34. The average molecular weight is 442 g/mol. The number of hydrogen-bond donors (Lipinski definition) is 3. The van der Waals surface area contributed by atoms with Crippen LogP contribution in [0.15, 0.2) is 24.5 Å². The van der Waals surface area contributed by atoms with Gasteiger partial charge in [0, 0.05) is 32.0 Å². The van der Waals surface area contributed by atoms with Crippen molar-refractivity contribution in [2.75, 3.05) is 7.05 Å². The van der Waals surface area contributed by atoms with Crippen molar-refractivity contribution in [3.05, 3.63) is 30.1 Å². The van der Waals surface area contributed by atoms with E-state index in [9.17, 15) is 4.79 Å². The lowest BCUT2D eigenvalue weighted by Crippen LogP contribution is -2.47. The van der Waals surface area contributed by atoms with E-state index in [1.807, 2.05) is 18.5 Å². The van der Waals surface area contributed by atoms with Gasteiger partial charge in [-0.1, -0.05) is 64.4 Å². The highest BCUT2D eigenvalue weighted by molar-refractivity contribution is 6.07. The topological polar surface area (TPSA) is 81.1 Å². The van der Waals surface area contributed by atoms with Crippen LogP contribution >= 0.6 is 0 Å². The molecule has 6 nitrogen and oxygen atoms in total. The maximum atomic E-state index is 13.1. The SMILES string of the molecule is CC[C@H](CCCCC[C@@]1(CCC2CCCCC2)NC(=N)N(C)C1=O)NCc1cccnc1. The fourth-order valence-corrected chi connectivity index (χ4v) is 5.39. The molecule has 3 rings (SSSR count). The van der Waals surface area contributed by atoms with Crippen LogP contribution in [0.25, 0.3) is 0 Å². The second-order valence-corrected chi connectivity index (χ2v) is 9.91. The molecule has 0 radical (unpaired) electrons. The first kappa shape index (κ1) is 24.7. The number of guanidine groups is 1. The van der Waals surface area contributed by atoms with Crippen molar-refractivity contribution in [1.82, 2.24) is 20.5 Å². The number of nitrogens with zero attached hydrogens (tertiary/aromatic N) is 2. The van der Waals surface area contributed by atoms with Crippen molar-refractivity contribution in [2.45, 2.75) is 109 Å². The minimum atomic E-state index is -0.550. The summed E-state index contributed by atoms with van der Waals surface area (Å²) in [5.74, 6) is 1.12. The predicted octanol–water partition coefficient (Wildman–Crippen LogP) is 5.00. The maximum absolute atomic E-state index is 13.1. The van der Waals surface area contributed by atoms with E-state index in [1.54, 1.807) is 7.05 Å². The summed E-state index contributed by atoms with van der Waals surface area (Å²) in [5, 5.41) is 15.1. The highest BCUT2D eigenvalue weighted by Gasteiger charge is 2.47. The molecule has 1 aromatic rings. The van der Waals surface area contributed by atoms with Crippen LogP contribution < -0.4 is 10.6 Å². The number of rotatable bonds is 13. The van der Waals surface area contributed by atoms with Crippen LogP contribution in [0, 0.1) is 11.3 Å². The molecule has 1 aromatic heterocycles. The molecule has 0 spiro atoms. The molecule has 2 aliphatic rings. The Morgan fingerprint density at radius 2 is 2.06 bits per heavy atom. The molecular weight excluding hydrogens is 398 g/mol. The van der Waals surface area contributed by atoms with Gasteiger partial charge >= 0.3 is 0 Å². The summed E-state index contributed by atoms with van der Waals surface area (Å²) in [5.41, 5.74) is 0.676. The molecule has 1 saturated carbocycles. The van der Waals surface area contributed by atoms with Crippen molar-refractivity contribution >= 4 is 11.9 Å². The molecule has 1 aliphatic carbocycles.